The number of nitrogens with zero attached hydrogens (tertiary/aromatic N) is 3. The second kappa shape index (κ2) is 5.43. The summed E-state index contributed by atoms with van der Waals surface area (Å²) in [5.74, 6) is 2.63. The Morgan fingerprint density at radius 1 is 1.25 bits per heavy atom. The summed E-state index contributed by atoms with van der Waals surface area (Å²) >= 11 is 0. The summed E-state index contributed by atoms with van der Waals surface area (Å²) in [7, 11) is 0. The van der Waals surface area contributed by atoms with Gasteiger partial charge in [0.1, 0.15) is 12.4 Å². The van der Waals surface area contributed by atoms with Gasteiger partial charge in [-0.3, -0.25) is 0 Å². The number of aryl methyl sites for hydroxylation is 1. The SMILES string of the molecule is CCn1c(CO)nnc1CCC1CCCC1. The Bertz CT molecular complexity index is 329. The fourth-order valence-corrected chi connectivity index (χ4v) is 2.67. The van der Waals surface area contributed by atoms with Crippen molar-refractivity contribution < 1.29 is 5.11 Å². The zero-order chi connectivity index (χ0) is 11.4. The summed E-state index contributed by atoms with van der Waals surface area (Å²) in [6.45, 7) is 2.91. The fraction of sp³-hybridized carbons (Fsp3) is 0.833. The van der Waals surface area contributed by atoms with Gasteiger partial charge in [-0.05, 0) is 19.3 Å². The van der Waals surface area contributed by atoms with Crippen molar-refractivity contribution in [1.29, 1.82) is 0 Å². The van der Waals surface area contributed by atoms with Crippen LogP contribution in [0.1, 0.15) is 50.7 Å². The maximum atomic E-state index is 9.12. The summed E-state index contributed by atoms with van der Waals surface area (Å²) in [4.78, 5) is 0. The Kier molecular flexibility index (Phi) is 3.93. The largest absolute Gasteiger partial charge is 0.388 e. The Labute approximate surface area is 96.7 Å². The average Bonchev–Trinajstić information content (AvgIpc) is 2.94. The van der Waals surface area contributed by atoms with E-state index < -0.39 is 0 Å². The number of rotatable bonds is 5. The van der Waals surface area contributed by atoms with Crippen LogP contribution in [0.4, 0.5) is 0 Å². The number of hydrogen-bond donors (Lipinski definition) is 1. The molecule has 0 atom stereocenters. The minimum Gasteiger partial charge on any atom is -0.388 e. The third-order valence-electron chi connectivity index (χ3n) is 3.61. The highest BCUT2D eigenvalue weighted by Crippen LogP contribution is 2.28. The van der Waals surface area contributed by atoms with Crippen LogP contribution in [0.15, 0.2) is 0 Å². The molecule has 0 saturated heterocycles. The van der Waals surface area contributed by atoms with E-state index in [-0.39, 0.29) is 6.61 Å². The van der Waals surface area contributed by atoms with Crippen molar-refractivity contribution in [2.75, 3.05) is 0 Å². The molecule has 0 bridgehead atoms. The lowest BCUT2D eigenvalue weighted by Gasteiger charge is -2.09. The predicted molar refractivity (Wildman–Crippen MR) is 61.9 cm³/mol. The smallest absolute Gasteiger partial charge is 0.158 e. The van der Waals surface area contributed by atoms with Crippen molar-refractivity contribution in [3.8, 4) is 0 Å². The molecule has 1 aromatic rings. The van der Waals surface area contributed by atoms with Crippen molar-refractivity contribution >= 4 is 0 Å². The van der Waals surface area contributed by atoms with Crippen LogP contribution in [-0.4, -0.2) is 19.9 Å². The third kappa shape index (κ3) is 2.43. The Hall–Kier alpha value is -0.900. The first-order valence-corrected chi connectivity index (χ1v) is 6.37. The highest BCUT2D eigenvalue weighted by molar-refractivity contribution is 4.95. The van der Waals surface area contributed by atoms with Crippen molar-refractivity contribution in [2.45, 2.75) is 58.6 Å². The van der Waals surface area contributed by atoms with Crippen molar-refractivity contribution in [2.24, 2.45) is 5.92 Å². The van der Waals surface area contributed by atoms with Gasteiger partial charge in [0.15, 0.2) is 5.82 Å². The zero-order valence-electron chi connectivity index (χ0n) is 10.0. The summed E-state index contributed by atoms with van der Waals surface area (Å²) < 4.78 is 2.04. The molecule has 4 heteroatoms. The van der Waals surface area contributed by atoms with Crippen molar-refractivity contribution in [3.05, 3.63) is 11.6 Å². The lowest BCUT2D eigenvalue weighted by molar-refractivity contribution is 0.264. The van der Waals surface area contributed by atoms with E-state index in [1.54, 1.807) is 0 Å². The highest BCUT2D eigenvalue weighted by atomic mass is 16.3. The molecule has 0 aliphatic heterocycles. The van der Waals surface area contributed by atoms with Crippen molar-refractivity contribution in [1.82, 2.24) is 14.8 Å². The van der Waals surface area contributed by atoms with E-state index in [0.29, 0.717) is 5.82 Å². The second-order valence-corrected chi connectivity index (χ2v) is 4.62. The van der Waals surface area contributed by atoms with E-state index in [1.165, 1.54) is 32.1 Å². The van der Waals surface area contributed by atoms with E-state index in [2.05, 4.69) is 17.1 Å². The van der Waals surface area contributed by atoms with Crippen LogP contribution in [0.25, 0.3) is 0 Å². The predicted octanol–water partition coefficient (Wildman–Crippen LogP) is 1.91. The van der Waals surface area contributed by atoms with Crippen LogP contribution in [-0.2, 0) is 19.6 Å². The molecule has 1 aromatic heterocycles. The van der Waals surface area contributed by atoms with Crippen LogP contribution < -0.4 is 0 Å². The quantitative estimate of drug-likeness (QED) is 0.829. The maximum absolute atomic E-state index is 9.12. The number of aliphatic hydroxyl groups excluding tert-OH is 1. The normalized spacial score (nSPS) is 17.1. The lowest BCUT2D eigenvalue weighted by atomic mass is 10.0. The number of hydrogen-bond acceptors (Lipinski definition) is 3. The number of aliphatic hydroxyl groups is 1. The molecule has 1 aliphatic carbocycles. The summed E-state index contributed by atoms with van der Waals surface area (Å²) in [6, 6.07) is 0. The van der Waals surface area contributed by atoms with Gasteiger partial charge in [0.25, 0.3) is 0 Å². The monoisotopic (exact) mass is 223 g/mol. The molecule has 0 amide bonds. The zero-order valence-corrected chi connectivity index (χ0v) is 10.0. The van der Waals surface area contributed by atoms with Gasteiger partial charge in [0.05, 0.1) is 0 Å². The number of aromatic nitrogens is 3. The van der Waals surface area contributed by atoms with Gasteiger partial charge in [-0.2, -0.15) is 0 Å². The first-order chi connectivity index (χ1) is 7.85. The van der Waals surface area contributed by atoms with E-state index >= 15 is 0 Å². The topological polar surface area (TPSA) is 50.9 Å². The summed E-state index contributed by atoms with van der Waals surface area (Å²) in [5.41, 5.74) is 0. The minimum absolute atomic E-state index is 0.00965. The summed E-state index contributed by atoms with van der Waals surface area (Å²) in [6.07, 6.45) is 7.79. The van der Waals surface area contributed by atoms with Crippen LogP contribution in [0, 0.1) is 5.92 Å². The molecule has 1 aliphatic rings. The highest BCUT2D eigenvalue weighted by Gasteiger charge is 2.17. The van der Waals surface area contributed by atoms with Crippen LogP contribution in [0.3, 0.4) is 0 Å². The first-order valence-electron chi connectivity index (χ1n) is 6.37. The molecule has 0 radical (unpaired) electrons. The van der Waals surface area contributed by atoms with Gasteiger partial charge in [0.2, 0.25) is 0 Å². The molecule has 0 spiro atoms. The van der Waals surface area contributed by atoms with Gasteiger partial charge in [0, 0.05) is 13.0 Å². The third-order valence-corrected chi connectivity index (χ3v) is 3.61. The molecular formula is C12H21N3O. The van der Waals surface area contributed by atoms with Crippen molar-refractivity contribution in [3.63, 3.8) is 0 Å². The molecule has 4 nitrogen and oxygen atoms in total. The molecule has 16 heavy (non-hydrogen) atoms. The van der Waals surface area contributed by atoms with Gasteiger partial charge in [-0.15, -0.1) is 10.2 Å². The standard InChI is InChI=1S/C12H21N3O/c1-2-15-11(13-14-12(15)9-16)8-7-10-5-3-4-6-10/h10,16H,2-9H2,1H3. The van der Waals surface area contributed by atoms with E-state index in [0.717, 1.165) is 24.7 Å². The molecule has 1 N–H and O–H groups in total. The molecule has 0 unspecified atom stereocenters. The van der Waals surface area contributed by atoms with Crippen LogP contribution in [0.2, 0.25) is 0 Å². The maximum Gasteiger partial charge on any atom is 0.158 e. The fourth-order valence-electron chi connectivity index (χ4n) is 2.67. The molecule has 1 saturated carbocycles. The lowest BCUT2D eigenvalue weighted by Crippen LogP contribution is -2.07. The van der Waals surface area contributed by atoms with Crippen LogP contribution >= 0.6 is 0 Å². The summed E-state index contributed by atoms with van der Waals surface area (Å²) in [5, 5.41) is 17.3. The average molecular weight is 223 g/mol. The molecule has 0 aromatic carbocycles. The molecule has 90 valence electrons. The Morgan fingerprint density at radius 3 is 2.56 bits per heavy atom. The minimum atomic E-state index is -0.00965. The van der Waals surface area contributed by atoms with E-state index in [1.807, 2.05) is 4.57 Å². The molecular weight excluding hydrogens is 202 g/mol. The first kappa shape index (κ1) is 11.6. The van der Waals surface area contributed by atoms with E-state index in [9.17, 15) is 0 Å². The Balaban J connectivity index is 1.94. The Morgan fingerprint density at radius 2 is 1.94 bits per heavy atom. The van der Waals surface area contributed by atoms with Crippen LogP contribution in [0.5, 0.6) is 0 Å². The van der Waals surface area contributed by atoms with E-state index in [4.69, 9.17) is 5.11 Å². The van der Waals surface area contributed by atoms with Gasteiger partial charge >= 0.3 is 0 Å². The van der Waals surface area contributed by atoms with Gasteiger partial charge in [-0.25, -0.2) is 0 Å². The second-order valence-electron chi connectivity index (χ2n) is 4.62. The molecule has 2 rings (SSSR count). The molecule has 1 fully saturated rings. The van der Waals surface area contributed by atoms with Gasteiger partial charge in [-0.1, -0.05) is 25.7 Å². The van der Waals surface area contributed by atoms with Gasteiger partial charge < -0.3 is 9.67 Å². The molecule has 1 heterocycles.